The molecule has 0 saturated heterocycles. The average Bonchev–Trinajstić information content (AvgIpc) is 2.25. The van der Waals surface area contributed by atoms with Crippen LogP contribution >= 0.6 is 0 Å². The Kier molecular flexibility index (Phi) is 4.01. The van der Waals surface area contributed by atoms with Gasteiger partial charge in [0.2, 0.25) is 0 Å². The molecule has 1 N–H and O–H groups in total. The fourth-order valence-electron chi connectivity index (χ4n) is 1.23. The molecule has 0 aromatic carbocycles. The number of nitrogens with one attached hydrogen (secondary N) is 1. The number of pyridine rings is 1. The molecule has 4 heteroatoms. The second-order valence-corrected chi connectivity index (χ2v) is 3.99. The molecule has 1 atom stereocenters. The molecule has 1 aromatic rings. The summed E-state index contributed by atoms with van der Waals surface area (Å²) in [4.78, 5) is 15.8. The molecular weight excluding hydrogens is 202 g/mol. The van der Waals surface area contributed by atoms with Gasteiger partial charge in [-0.15, -0.1) is 0 Å². The molecule has 1 unspecified atom stereocenters. The van der Waals surface area contributed by atoms with Crippen molar-refractivity contribution in [1.29, 1.82) is 5.26 Å². The van der Waals surface area contributed by atoms with Gasteiger partial charge >= 0.3 is 0 Å². The van der Waals surface area contributed by atoms with E-state index in [9.17, 15) is 4.79 Å². The van der Waals surface area contributed by atoms with E-state index in [1.807, 2.05) is 26.8 Å². The van der Waals surface area contributed by atoms with Crippen molar-refractivity contribution in [3.8, 4) is 6.07 Å². The molecule has 16 heavy (non-hydrogen) atoms. The van der Waals surface area contributed by atoms with E-state index in [0.29, 0.717) is 5.69 Å². The third kappa shape index (κ3) is 3.06. The zero-order valence-electron chi connectivity index (χ0n) is 9.69. The molecule has 1 amide bonds. The van der Waals surface area contributed by atoms with Gasteiger partial charge in [-0.25, -0.2) is 4.98 Å². The lowest BCUT2D eigenvalue weighted by molar-refractivity contribution is 0.0932. The van der Waals surface area contributed by atoms with Gasteiger partial charge in [-0.05, 0) is 25.0 Å². The first-order valence-corrected chi connectivity index (χ1v) is 5.18. The first-order valence-electron chi connectivity index (χ1n) is 5.18. The lowest BCUT2D eigenvalue weighted by Crippen LogP contribution is -2.37. The molecule has 0 bridgehead atoms. The van der Waals surface area contributed by atoms with Gasteiger partial charge in [-0.1, -0.05) is 19.9 Å². The number of carbonyl (C=O) groups is 1. The lowest BCUT2D eigenvalue weighted by Gasteiger charge is -2.14. The predicted molar refractivity (Wildman–Crippen MR) is 60.7 cm³/mol. The van der Waals surface area contributed by atoms with Crippen LogP contribution in [-0.2, 0) is 0 Å². The molecule has 0 aliphatic carbocycles. The van der Waals surface area contributed by atoms with Crippen LogP contribution in [0, 0.1) is 24.2 Å². The summed E-state index contributed by atoms with van der Waals surface area (Å²) in [6, 6.07) is 6.81. The molecule has 1 aromatic heterocycles. The summed E-state index contributed by atoms with van der Waals surface area (Å²) in [5.74, 6) is -0.220. The Morgan fingerprint density at radius 1 is 1.50 bits per heavy atom. The van der Waals surface area contributed by atoms with Crippen molar-refractivity contribution in [3.05, 3.63) is 29.6 Å². The van der Waals surface area contributed by atoms with Crippen LogP contribution in [0.2, 0.25) is 0 Å². The van der Waals surface area contributed by atoms with Crippen LogP contribution in [0.5, 0.6) is 0 Å². The molecule has 1 rings (SSSR count). The zero-order chi connectivity index (χ0) is 12.1. The summed E-state index contributed by atoms with van der Waals surface area (Å²) in [5, 5.41) is 11.5. The van der Waals surface area contributed by atoms with E-state index >= 15 is 0 Å². The number of nitriles is 1. The van der Waals surface area contributed by atoms with Crippen LogP contribution in [0.4, 0.5) is 0 Å². The zero-order valence-corrected chi connectivity index (χ0v) is 9.69. The molecule has 0 spiro atoms. The van der Waals surface area contributed by atoms with E-state index in [2.05, 4.69) is 16.4 Å². The van der Waals surface area contributed by atoms with Crippen LogP contribution in [-0.4, -0.2) is 16.9 Å². The summed E-state index contributed by atoms with van der Waals surface area (Å²) in [7, 11) is 0. The van der Waals surface area contributed by atoms with Gasteiger partial charge in [-0.2, -0.15) is 5.26 Å². The Labute approximate surface area is 95.3 Å². The maximum absolute atomic E-state index is 11.7. The first kappa shape index (κ1) is 12.2. The van der Waals surface area contributed by atoms with Crippen molar-refractivity contribution in [2.24, 2.45) is 5.92 Å². The molecule has 0 aliphatic rings. The molecule has 0 fully saturated rings. The van der Waals surface area contributed by atoms with Gasteiger partial charge < -0.3 is 5.32 Å². The Balaban J connectivity index is 2.77. The Morgan fingerprint density at radius 2 is 2.19 bits per heavy atom. The topological polar surface area (TPSA) is 65.8 Å². The van der Waals surface area contributed by atoms with Gasteiger partial charge in [-0.3, -0.25) is 4.79 Å². The maximum Gasteiger partial charge on any atom is 0.270 e. The Morgan fingerprint density at radius 3 is 2.69 bits per heavy atom. The van der Waals surface area contributed by atoms with Crippen LogP contribution in [0.15, 0.2) is 18.2 Å². The van der Waals surface area contributed by atoms with Crippen molar-refractivity contribution in [2.45, 2.75) is 26.8 Å². The van der Waals surface area contributed by atoms with Crippen LogP contribution < -0.4 is 5.32 Å². The number of nitrogens with zero attached hydrogens (tertiary/aromatic N) is 2. The normalized spacial score (nSPS) is 11.9. The van der Waals surface area contributed by atoms with E-state index in [4.69, 9.17) is 5.26 Å². The number of aromatic nitrogens is 1. The van der Waals surface area contributed by atoms with Crippen molar-refractivity contribution in [3.63, 3.8) is 0 Å². The summed E-state index contributed by atoms with van der Waals surface area (Å²) in [6.07, 6.45) is 0. The van der Waals surface area contributed by atoms with Gasteiger partial charge in [0.05, 0.1) is 6.07 Å². The monoisotopic (exact) mass is 217 g/mol. The summed E-state index contributed by atoms with van der Waals surface area (Å²) < 4.78 is 0. The fourth-order valence-corrected chi connectivity index (χ4v) is 1.23. The van der Waals surface area contributed by atoms with Crippen molar-refractivity contribution in [1.82, 2.24) is 10.3 Å². The number of amides is 1. The Hall–Kier alpha value is -1.89. The average molecular weight is 217 g/mol. The van der Waals surface area contributed by atoms with E-state index in [1.165, 1.54) is 0 Å². The van der Waals surface area contributed by atoms with Crippen molar-refractivity contribution < 1.29 is 4.79 Å². The third-order valence-electron chi connectivity index (χ3n) is 2.21. The highest BCUT2D eigenvalue weighted by atomic mass is 16.1. The van der Waals surface area contributed by atoms with Crippen LogP contribution in [0.3, 0.4) is 0 Å². The highest BCUT2D eigenvalue weighted by Crippen LogP contribution is 2.03. The molecule has 1 heterocycles. The predicted octanol–water partition coefficient (Wildman–Crippen LogP) is 1.67. The van der Waals surface area contributed by atoms with Gasteiger partial charge in [0, 0.05) is 5.69 Å². The number of rotatable bonds is 3. The van der Waals surface area contributed by atoms with Crippen LogP contribution in [0.25, 0.3) is 0 Å². The lowest BCUT2D eigenvalue weighted by atomic mass is 10.1. The number of aryl methyl sites for hydroxylation is 1. The molecule has 84 valence electrons. The first-order chi connectivity index (χ1) is 7.54. The van der Waals surface area contributed by atoms with E-state index in [-0.39, 0.29) is 11.8 Å². The summed E-state index contributed by atoms with van der Waals surface area (Å²) in [5.41, 5.74) is 1.13. The van der Waals surface area contributed by atoms with E-state index in [0.717, 1.165) is 5.69 Å². The second kappa shape index (κ2) is 5.26. The summed E-state index contributed by atoms with van der Waals surface area (Å²) in [6.45, 7) is 5.59. The number of carbonyl (C=O) groups excluding carboxylic acids is 1. The molecule has 0 aliphatic heterocycles. The van der Waals surface area contributed by atoms with Gasteiger partial charge in [0.25, 0.3) is 5.91 Å². The number of hydrogen-bond donors (Lipinski definition) is 1. The minimum Gasteiger partial charge on any atom is -0.335 e. The van der Waals surface area contributed by atoms with Crippen LogP contribution in [0.1, 0.15) is 30.0 Å². The van der Waals surface area contributed by atoms with Crippen molar-refractivity contribution >= 4 is 5.91 Å². The van der Waals surface area contributed by atoms with E-state index < -0.39 is 6.04 Å². The van der Waals surface area contributed by atoms with Crippen molar-refractivity contribution in [2.75, 3.05) is 0 Å². The molecule has 4 nitrogen and oxygen atoms in total. The Bertz CT molecular complexity index is 421. The minimum atomic E-state index is -0.477. The van der Waals surface area contributed by atoms with E-state index in [1.54, 1.807) is 12.1 Å². The highest BCUT2D eigenvalue weighted by molar-refractivity contribution is 5.92. The minimum absolute atomic E-state index is 0.0822. The second-order valence-electron chi connectivity index (χ2n) is 3.99. The maximum atomic E-state index is 11.7. The smallest absolute Gasteiger partial charge is 0.270 e. The molecule has 0 radical (unpaired) electrons. The largest absolute Gasteiger partial charge is 0.335 e. The van der Waals surface area contributed by atoms with Gasteiger partial charge in [0.1, 0.15) is 11.7 Å². The fraction of sp³-hybridized carbons (Fsp3) is 0.417. The number of hydrogen-bond acceptors (Lipinski definition) is 3. The molecular formula is C12H15N3O. The third-order valence-corrected chi connectivity index (χ3v) is 2.21. The SMILES string of the molecule is Cc1cccc(C(=O)NC(C#N)C(C)C)n1. The standard InChI is InChI=1S/C12H15N3O/c1-8(2)11(7-13)15-12(16)10-6-4-5-9(3)14-10/h4-6,8,11H,1-3H3,(H,15,16). The van der Waals surface area contributed by atoms with Gasteiger partial charge in [0.15, 0.2) is 0 Å². The highest BCUT2D eigenvalue weighted by Gasteiger charge is 2.16. The quantitative estimate of drug-likeness (QED) is 0.837. The summed E-state index contributed by atoms with van der Waals surface area (Å²) >= 11 is 0. The molecule has 0 saturated carbocycles.